The second kappa shape index (κ2) is 11.4. The summed E-state index contributed by atoms with van der Waals surface area (Å²) in [5.74, 6) is -2.42. The van der Waals surface area contributed by atoms with Crippen LogP contribution in [0, 0.1) is 5.92 Å². The molecule has 1 aliphatic rings. The van der Waals surface area contributed by atoms with Gasteiger partial charge in [-0.3, -0.25) is 4.90 Å². The topological polar surface area (TPSA) is 119 Å². The normalized spacial score (nSPS) is 16.6. The molecule has 0 N–H and O–H groups in total. The predicted octanol–water partition coefficient (Wildman–Crippen LogP) is 4.01. The molecule has 1 aliphatic heterocycles. The second-order valence-electron chi connectivity index (χ2n) is 9.38. The molecule has 1 saturated heterocycles. The van der Waals surface area contributed by atoms with E-state index in [1.54, 1.807) is 29.9 Å². The Morgan fingerprint density at radius 3 is 2.71 bits per heavy atom. The van der Waals surface area contributed by atoms with Gasteiger partial charge in [-0.15, -0.1) is 22.7 Å². The van der Waals surface area contributed by atoms with Crippen LogP contribution in [0.4, 0.5) is 18.9 Å². The van der Waals surface area contributed by atoms with Crippen LogP contribution in [-0.2, 0) is 44.0 Å². The van der Waals surface area contributed by atoms with E-state index in [-0.39, 0.29) is 31.6 Å². The third-order valence-electron chi connectivity index (χ3n) is 6.53. The summed E-state index contributed by atoms with van der Waals surface area (Å²) >= 11 is 2.16. The van der Waals surface area contributed by atoms with Crippen LogP contribution in [-0.4, -0.2) is 62.3 Å². The fourth-order valence-electron chi connectivity index (χ4n) is 4.73. The first-order chi connectivity index (χ1) is 19.3. The van der Waals surface area contributed by atoms with Gasteiger partial charge in [0.2, 0.25) is 0 Å². The maximum Gasteiger partial charge on any atom is 0.493 e. The predicted molar refractivity (Wildman–Crippen MR) is 149 cm³/mol. The minimum atomic E-state index is -5.43. The highest BCUT2D eigenvalue weighted by atomic mass is 32.2. The zero-order chi connectivity index (χ0) is 29.5. The summed E-state index contributed by atoms with van der Waals surface area (Å²) in [5.41, 5.74) is 0.504. The van der Waals surface area contributed by atoms with Gasteiger partial charge in [0.1, 0.15) is 25.6 Å². The van der Waals surface area contributed by atoms with Crippen LogP contribution in [0.5, 0.6) is 0 Å². The molecule has 220 valence electrons. The summed E-state index contributed by atoms with van der Waals surface area (Å²) in [6.07, 6.45) is -2.93. The molecule has 10 nitrogen and oxygen atoms in total. The van der Waals surface area contributed by atoms with E-state index in [2.05, 4.69) is 14.7 Å². The van der Waals surface area contributed by atoms with Gasteiger partial charge in [0, 0.05) is 36.6 Å². The minimum absolute atomic E-state index is 0.0214. The number of carbonyl (C=O) groups excluding carboxylic acids is 1. The number of benzene rings is 1. The standard InChI is InChI=1S/C24H23F3N4O6S4/c1-29-19(22-28-11-17(39-22)13-30-8-7-15(12-30)14-40(33)34)10-16-4-2-5-18(21(16)29)31(37-23(32)24(25,26)27)41(35,36)20-6-3-9-38-20/h2-6,9-11,15,40H,7-8,12-14H2,1H3. The number of nitrogens with zero attached hydrogens (tertiary/aromatic N) is 4. The van der Waals surface area contributed by atoms with Gasteiger partial charge in [0.05, 0.1) is 17.0 Å². The molecule has 1 unspecified atom stereocenters. The zero-order valence-electron chi connectivity index (χ0n) is 21.3. The lowest BCUT2D eigenvalue weighted by molar-refractivity contribution is -0.199. The van der Waals surface area contributed by atoms with Crippen molar-refractivity contribution in [1.29, 1.82) is 0 Å². The molecule has 1 aromatic carbocycles. The first-order valence-corrected chi connectivity index (χ1v) is 16.6. The molecule has 3 aromatic heterocycles. The Labute approximate surface area is 242 Å². The number of para-hydroxylation sites is 1. The number of thiazole rings is 1. The number of fused-ring (bicyclic) bond motifs is 1. The van der Waals surface area contributed by atoms with E-state index in [0.29, 0.717) is 29.2 Å². The van der Waals surface area contributed by atoms with Crippen LogP contribution in [0.2, 0.25) is 0 Å². The van der Waals surface area contributed by atoms with Crippen molar-refractivity contribution in [3.8, 4) is 10.7 Å². The first kappa shape index (κ1) is 29.5. The highest BCUT2D eigenvalue weighted by molar-refractivity contribution is 7.94. The van der Waals surface area contributed by atoms with Crippen LogP contribution in [0.1, 0.15) is 11.3 Å². The number of anilines is 1. The molecule has 0 amide bonds. The number of hydrogen-bond donors (Lipinski definition) is 1. The van der Waals surface area contributed by atoms with Crippen molar-refractivity contribution in [3.05, 3.63) is 52.9 Å². The number of hydrogen-bond acceptors (Lipinski definition) is 10. The summed E-state index contributed by atoms with van der Waals surface area (Å²) in [6.45, 7) is 2.02. The van der Waals surface area contributed by atoms with E-state index in [4.69, 9.17) is 0 Å². The number of aryl methyl sites for hydroxylation is 1. The summed E-state index contributed by atoms with van der Waals surface area (Å²) in [4.78, 5) is 23.9. The maximum absolute atomic E-state index is 13.4. The van der Waals surface area contributed by atoms with Gasteiger partial charge < -0.3 is 9.40 Å². The summed E-state index contributed by atoms with van der Waals surface area (Å²) in [7, 11) is -5.53. The number of likely N-dealkylation sites (tertiary alicyclic amines) is 1. The van der Waals surface area contributed by atoms with Gasteiger partial charge in [-0.2, -0.15) is 21.6 Å². The minimum Gasteiger partial charge on any atom is -0.340 e. The SMILES string of the molecule is Cn1c(-c2ncc(CN3CCC(C[SH](=O)=O)C3)s2)cc2cccc(N(OC(=O)C(F)(F)F)S(=O)(=O)c3cccs3)c21. The Morgan fingerprint density at radius 2 is 2.02 bits per heavy atom. The van der Waals surface area contributed by atoms with Crippen LogP contribution in [0.15, 0.2) is 52.2 Å². The number of alkyl halides is 3. The monoisotopic (exact) mass is 648 g/mol. The van der Waals surface area contributed by atoms with Gasteiger partial charge in [0.15, 0.2) is 0 Å². The third kappa shape index (κ3) is 6.13. The van der Waals surface area contributed by atoms with Crippen molar-refractivity contribution in [2.24, 2.45) is 13.0 Å². The lowest BCUT2D eigenvalue weighted by Crippen LogP contribution is -2.38. The molecule has 0 bridgehead atoms. The van der Waals surface area contributed by atoms with Crippen molar-refractivity contribution in [1.82, 2.24) is 14.5 Å². The van der Waals surface area contributed by atoms with Crippen molar-refractivity contribution in [3.63, 3.8) is 0 Å². The number of sulfonamides is 1. The smallest absolute Gasteiger partial charge is 0.340 e. The Balaban J connectivity index is 1.50. The van der Waals surface area contributed by atoms with E-state index in [0.717, 1.165) is 29.2 Å². The van der Waals surface area contributed by atoms with Gasteiger partial charge in [-0.05, 0) is 42.5 Å². The molecule has 5 rings (SSSR count). The Kier molecular flexibility index (Phi) is 8.17. The molecule has 4 heterocycles. The largest absolute Gasteiger partial charge is 0.493 e. The average molecular weight is 649 g/mol. The number of rotatable bonds is 9. The fraction of sp³-hybridized carbons (Fsp3) is 0.333. The molecule has 0 radical (unpaired) electrons. The fourth-order valence-corrected chi connectivity index (χ4v) is 8.75. The highest BCUT2D eigenvalue weighted by Gasteiger charge is 2.45. The van der Waals surface area contributed by atoms with Crippen LogP contribution < -0.4 is 4.47 Å². The molecule has 0 spiro atoms. The van der Waals surface area contributed by atoms with Crippen LogP contribution in [0.25, 0.3) is 21.6 Å². The van der Waals surface area contributed by atoms with Gasteiger partial charge >= 0.3 is 22.2 Å². The van der Waals surface area contributed by atoms with Gasteiger partial charge in [-0.1, -0.05) is 22.7 Å². The molecule has 4 aromatic rings. The van der Waals surface area contributed by atoms with Gasteiger partial charge in [-0.25, -0.2) is 18.2 Å². The van der Waals surface area contributed by atoms with Crippen molar-refractivity contribution in [2.45, 2.75) is 23.4 Å². The van der Waals surface area contributed by atoms with Crippen LogP contribution >= 0.6 is 22.7 Å². The van der Waals surface area contributed by atoms with Crippen LogP contribution in [0.3, 0.4) is 0 Å². The van der Waals surface area contributed by atoms with Gasteiger partial charge in [0.25, 0.3) is 0 Å². The summed E-state index contributed by atoms with van der Waals surface area (Å²) in [5, 5.41) is 2.51. The van der Waals surface area contributed by atoms with E-state index < -0.39 is 32.9 Å². The first-order valence-electron chi connectivity index (χ1n) is 12.1. The molecular weight excluding hydrogens is 626 g/mol. The second-order valence-corrected chi connectivity index (χ2v) is 14.5. The molecule has 1 atom stereocenters. The van der Waals surface area contributed by atoms with Crippen molar-refractivity contribution >= 4 is 66.0 Å². The Bertz CT molecular complexity index is 1760. The van der Waals surface area contributed by atoms with Crippen molar-refractivity contribution < 1.29 is 39.6 Å². The number of carbonyl (C=O) groups is 1. The lowest BCUT2D eigenvalue weighted by Gasteiger charge is -2.23. The van der Waals surface area contributed by atoms with E-state index >= 15 is 0 Å². The third-order valence-corrected chi connectivity index (χ3v) is 11.3. The number of aromatic nitrogens is 2. The summed E-state index contributed by atoms with van der Waals surface area (Å²) in [6, 6.07) is 8.70. The molecular formula is C24H23F3N4O6S4. The quantitative estimate of drug-likeness (QED) is 0.214. The average Bonchev–Trinajstić information content (AvgIpc) is 3.70. The molecule has 17 heteroatoms. The van der Waals surface area contributed by atoms with E-state index in [1.165, 1.54) is 41.0 Å². The van der Waals surface area contributed by atoms with E-state index in [1.807, 2.05) is 0 Å². The highest BCUT2D eigenvalue weighted by Crippen LogP contribution is 2.38. The number of thiol groups is 1. The maximum atomic E-state index is 13.4. The number of thiophene rings is 1. The molecule has 0 saturated carbocycles. The molecule has 41 heavy (non-hydrogen) atoms. The summed E-state index contributed by atoms with van der Waals surface area (Å²) < 4.78 is 89.7. The Morgan fingerprint density at radius 1 is 1.24 bits per heavy atom. The van der Waals surface area contributed by atoms with E-state index in [9.17, 15) is 34.8 Å². The molecule has 0 aliphatic carbocycles. The number of halogens is 3. The Hall–Kier alpha value is -2.99. The lowest BCUT2D eigenvalue weighted by atomic mass is 10.2. The van der Waals surface area contributed by atoms with Crippen molar-refractivity contribution in [2.75, 3.05) is 23.3 Å². The zero-order valence-corrected chi connectivity index (χ0v) is 24.6. The molecule has 1 fully saturated rings.